The van der Waals surface area contributed by atoms with Crippen LogP contribution in [0.1, 0.15) is 25.0 Å². The van der Waals surface area contributed by atoms with Crippen LogP contribution in [0.3, 0.4) is 0 Å². The molecule has 71 heavy (non-hydrogen) atoms. The van der Waals surface area contributed by atoms with Crippen LogP contribution < -0.4 is 9.80 Å². The smallest absolute Gasteiger partial charge is 0.0562 e. The number of anilines is 6. The number of hydrogen-bond donors (Lipinski definition) is 0. The van der Waals surface area contributed by atoms with Gasteiger partial charge in [-0.15, -0.1) is 0 Å². The molecule has 4 heteroatoms. The molecule has 1 aliphatic heterocycles. The topological polar surface area (TPSA) is 16.3 Å². The Balaban J connectivity index is 0.959. The molecule has 1 aliphatic carbocycles. The Morgan fingerprint density at radius 2 is 0.746 bits per heavy atom. The van der Waals surface area contributed by atoms with Crippen LogP contribution in [0.5, 0.6) is 0 Å². The average molecular weight is 907 g/mol. The van der Waals surface area contributed by atoms with Crippen molar-refractivity contribution in [2.75, 3.05) is 9.80 Å². The van der Waals surface area contributed by atoms with Crippen molar-refractivity contribution in [2.24, 2.45) is 0 Å². The van der Waals surface area contributed by atoms with Crippen LogP contribution in [0, 0.1) is 0 Å². The van der Waals surface area contributed by atoms with Gasteiger partial charge in [-0.05, 0) is 148 Å². The summed E-state index contributed by atoms with van der Waals surface area (Å²) in [5.41, 5.74) is 21.0. The van der Waals surface area contributed by atoms with Crippen molar-refractivity contribution in [1.29, 1.82) is 0 Å². The molecular formula is C67H46N4. The lowest BCUT2D eigenvalue weighted by atomic mass is 9.82. The standard InChI is InChI=1S/C67H46N4/c1-67(2)60-34-30-49-39-57(60)58-40-50(31-35-61(58)67)69(52-29-33-56-54-24-8-11-27-64(54)71(66(56)42-52)62-28-14-16-43-15-6-7-23-53(43)62)48-22-13-18-45(38-48)44-17-12-21-47(37-44)68(49)51-32-36-65-59(41-51)55-25-9-10-26-63(55)70(65)46-19-4-3-5-20-46/h3-42H,1-2H3. The maximum Gasteiger partial charge on any atom is 0.0562 e. The molecular weight excluding hydrogens is 861 g/mol. The van der Waals surface area contributed by atoms with E-state index < -0.39 is 0 Å². The minimum atomic E-state index is -0.193. The number of rotatable bonds is 4. The first-order valence-electron chi connectivity index (χ1n) is 24.7. The monoisotopic (exact) mass is 906 g/mol. The van der Waals surface area contributed by atoms with Gasteiger partial charge in [0.15, 0.2) is 0 Å². The van der Waals surface area contributed by atoms with E-state index >= 15 is 0 Å². The first kappa shape index (κ1) is 39.8. The molecule has 0 radical (unpaired) electrons. The second-order valence-electron chi connectivity index (χ2n) is 19.8. The third-order valence-corrected chi connectivity index (χ3v) is 15.6. The molecule has 0 fully saturated rings. The number of nitrogens with zero attached hydrogens (tertiary/aromatic N) is 4. The Hall–Kier alpha value is -9.12. The molecule has 334 valence electrons. The molecule has 4 nitrogen and oxygen atoms in total. The molecule has 0 saturated carbocycles. The molecule has 0 unspecified atom stereocenters. The van der Waals surface area contributed by atoms with Gasteiger partial charge in [0.2, 0.25) is 0 Å². The Labute approximate surface area is 412 Å². The van der Waals surface area contributed by atoms with Gasteiger partial charge in [-0.25, -0.2) is 0 Å². The highest BCUT2D eigenvalue weighted by Crippen LogP contribution is 2.53. The second-order valence-corrected chi connectivity index (χ2v) is 19.8. The van der Waals surface area contributed by atoms with Gasteiger partial charge < -0.3 is 18.9 Å². The van der Waals surface area contributed by atoms with Gasteiger partial charge in [-0.1, -0.05) is 147 Å². The summed E-state index contributed by atoms with van der Waals surface area (Å²) in [6.45, 7) is 4.76. The van der Waals surface area contributed by atoms with E-state index in [1.165, 1.54) is 82.3 Å². The normalized spacial score (nSPS) is 13.5. The van der Waals surface area contributed by atoms with Crippen molar-refractivity contribution in [3.63, 3.8) is 0 Å². The quantitative estimate of drug-likeness (QED) is 0.175. The molecule has 13 aromatic rings. The summed E-state index contributed by atoms with van der Waals surface area (Å²) in [6.07, 6.45) is 0. The van der Waals surface area contributed by atoms with E-state index in [1.54, 1.807) is 0 Å². The number of benzene rings is 11. The van der Waals surface area contributed by atoms with Gasteiger partial charge in [0.05, 0.1) is 27.8 Å². The van der Waals surface area contributed by atoms with E-state index in [0.29, 0.717) is 0 Å². The fraction of sp³-hybridized carbons (Fsp3) is 0.0448. The molecule has 11 aromatic carbocycles. The van der Waals surface area contributed by atoms with Crippen molar-refractivity contribution in [1.82, 2.24) is 9.13 Å². The Morgan fingerprint density at radius 1 is 0.282 bits per heavy atom. The Morgan fingerprint density at radius 3 is 1.44 bits per heavy atom. The lowest BCUT2D eigenvalue weighted by molar-refractivity contribution is 0.660. The molecule has 0 N–H and O–H groups in total. The summed E-state index contributed by atoms with van der Waals surface area (Å²) < 4.78 is 4.86. The maximum atomic E-state index is 2.47. The van der Waals surface area contributed by atoms with Gasteiger partial charge in [-0.3, -0.25) is 0 Å². The average Bonchev–Trinajstić information content (AvgIpc) is 4.01. The van der Waals surface area contributed by atoms with Crippen LogP contribution in [0.25, 0.3) is 88.0 Å². The third kappa shape index (κ3) is 5.85. The molecule has 3 heterocycles. The first-order valence-corrected chi connectivity index (χ1v) is 24.7. The molecule has 0 atom stereocenters. The highest BCUT2D eigenvalue weighted by Gasteiger charge is 2.37. The molecule has 2 aromatic heterocycles. The van der Waals surface area contributed by atoms with Gasteiger partial charge >= 0.3 is 0 Å². The SMILES string of the molecule is CC1(C)c2ccc3cc2-c2cc(ccc21)N(c1ccc2c4ccccc4n(-c4cccc5ccccc45)c2c1)c1cccc(c1)-c1cccc(c1)N3c1ccc2c(c1)c1ccccc1n2-c1ccccc1. The fourth-order valence-corrected chi connectivity index (χ4v) is 12.3. The van der Waals surface area contributed by atoms with Crippen LogP contribution in [0.15, 0.2) is 243 Å². The van der Waals surface area contributed by atoms with Crippen LogP contribution >= 0.6 is 0 Å². The predicted molar refractivity (Wildman–Crippen MR) is 299 cm³/mol. The number of aromatic nitrogens is 2. The zero-order valence-electron chi connectivity index (χ0n) is 39.4. The fourth-order valence-electron chi connectivity index (χ4n) is 12.3. The number of para-hydroxylation sites is 3. The summed E-state index contributed by atoms with van der Waals surface area (Å²) in [5.74, 6) is 0. The van der Waals surface area contributed by atoms with Crippen LogP contribution in [0.4, 0.5) is 34.1 Å². The minimum absolute atomic E-state index is 0.193. The van der Waals surface area contributed by atoms with Gasteiger partial charge in [0.1, 0.15) is 0 Å². The van der Waals surface area contributed by atoms with E-state index in [-0.39, 0.29) is 5.41 Å². The Bertz CT molecular complexity index is 4340. The highest BCUT2D eigenvalue weighted by atomic mass is 15.2. The molecule has 0 amide bonds. The van der Waals surface area contributed by atoms with Gasteiger partial charge in [0.25, 0.3) is 0 Å². The van der Waals surface area contributed by atoms with E-state index in [2.05, 4.69) is 275 Å². The molecule has 8 bridgehead atoms. The summed E-state index contributed by atoms with van der Waals surface area (Å²) in [7, 11) is 0. The van der Waals surface area contributed by atoms with Crippen LogP contribution in [-0.4, -0.2) is 9.13 Å². The van der Waals surface area contributed by atoms with E-state index in [9.17, 15) is 0 Å². The lowest BCUT2D eigenvalue weighted by Crippen LogP contribution is -2.16. The molecule has 2 aliphatic rings. The number of fused-ring (bicyclic) bond motifs is 14. The maximum absolute atomic E-state index is 2.47. The second kappa shape index (κ2) is 14.9. The highest BCUT2D eigenvalue weighted by molar-refractivity contribution is 6.13. The van der Waals surface area contributed by atoms with Gasteiger partial charge in [0, 0.05) is 72.2 Å². The van der Waals surface area contributed by atoms with Crippen molar-refractivity contribution < 1.29 is 0 Å². The molecule has 0 saturated heterocycles. The van der Waals surface area contributed by atoms with Crippen LogP contribution in [0.2, 0.25) is 0 Å². The van der Waals surface area contributed by atoms with Gasteiger partial charge in [-0.2, -0.15) is 0 Å². The van der Waals surface area contributed by atoms with E-state index in [0.717, 1.165) is 50.9 Å². The lowest BCUT2D eigenvalue weighted by Gasteiger charge is -2.28. The predicted octanol–water partition coefficient (Wildman–Crippen LogP) is 18.3. The summed E-state index contributed by atoms with van der Waals surface area (Å²) in [4.78, 5) is 4.92. The van der Waals surface area contributed by atoms with Crippen LogP contribution in [-0.2, 0) is 5.41 Å². The Kier molecular flexibility index (Phi) is 8.38. The summed E-state index contributed by atoms with van der Waals surface area (Å²) in [5, 5.41) is 7.38. The molecule has 0 spiro atoms. The van der Waals surface area contributed by atoms with Crippen molar-refractivity contribution >= 4 is 88.5 Å². The zero-order valence-corrected chi connectivity index (χ0v) is 39.4. The number of hydrogen-bond acceptors (Lipinski definition) is 2. The van der Waals surface area contributed by atoms with Crippen molar-refractivity contribution in [2.45, 2.75) is 19.3 Å². The van der Waals surface area contributed by atoms with E-state index in [1.807, 2.05) is 0 Å². The third-order valence-electron chi connectivity index (χ3n) is 15.6. The molecule has 15 rings (SSSR count). The van der Waals surface area contributed by atoms with E-state index in [4.69, 9.17) is 0 Å². The van der Waals surface area contributed by atoms with Crippen molar-refractivity contribution in [3.05, 3.63) is 254 Å². The summed E-state index contributed by atoms with van der Waals surface area (Å²) in [6, 6.07) is 90.3. The first-order chi connectivity index (χ1) is 35.0. The summed E-state index contributed by atoms with van der Waals surface area (Å²) >= 11 is 0. The largest absolute Gasteiger partial charge is 0.310 e. The zero-order chi connectivity index (χ0) is 47.0. The van der Waals surface area contributed by atoms with Crippen molar-refractivity contribution in [3.8, 4) is 33.6 Å². The minimum Gasteiger partial charge on any atom is -0.310 e.